The summed E-state index contributed by atoms with van der Waals surface area (Å²) in [7, 11) is 0. The second kappa shape index (κ2) is 9.05. The number of hydrogen-bond acceptors (Lipinski definition) is 6. The maximum atomic E-state index is 12.3. The van der Waals surface area contributed by atoms with Crippen LogP contribution in [0.3, 0.4) is 0 Å². The van der Waals surface area contributed by atoms with Crippen molar-refractivity contribution in [1.29, 1.82) is 0 Å². The summed E-state index contributed by atoms with van der Waals surface area (Å²) < 4.78 is 27.7. The van der Waals surface area contributed by atoms with Crippen molar-refractivity contribution in [2.75, 3.05) is 20.0 Å². The Balaban J connectivity index is 2.49. The van der Waals surface area contributed by atoms with Crippen LogP contribution in [-0.4, -0.2) is 42.5 Å². The Kier molecular flexibility index (Phi) is 7.41. The highest BCUT2D eigenvalue weighted by Crippen LogP contribution is 2.27. The molecule has 1 amide bonds. The molecule has 1 aromatic rings. The lowest BCUT2D eigenvalue weighted by Crippen LogP contribution is -2.33. The molecule has 1 N–H and O–H groups in total. The minimum Gasteiger partial charge on any atom is -0.491 e. The molecule has 0 atom stereocenters. The van der Waals surface area contributed by atoms with Crippen molar-refractivity contribution in [1.82, 2.24) is 10.3 Å². The van der Waals surface area contributed by atoms with Gasteiger partial charge in [-0.2, -0.15) is 0 Å². The number of hydrogen-bond donors (Lipinski definition) is 1. The minimum atomic E-state index is -1.06. The molecule has 0 fully saturated rings. The summed E-state index contributed by atoms with van der Waals surface area (Å²) >= 11 is 0. The summed E-state index contributed by atoms with van der Waals surface area (Å²) in [5.74, 6) is -0.0668. The Morgan fingerprint density at radius 3 is 2.38 bits per heavy atom. The fraction of sp³-hybridized carbons (Fsp3) is 0.562. The van der Waals surface area contributed by atoms with E-state index in [1.54, 1.807) is 20.8 Å². The van der Waals surface area contributed by atoms with Gasteiger partial charge in [0.2, 0.25) is 6.86 Å². The summed E-state index contributed by atoms with van der Waals surface area (Å²) in [6, 6.07) is 0. The van der Waals surface area contributed by atoms with Crippen LogP contribution in [0.2, 0.25) is 0 Å². The van der Waals surface area contributed by atoms with Gasteiger partial charge in [0, 0.05) is 6.54 Å². The van der Waals surface area contributed by atoms with Crippen LogP contribution in [0.25, 0.3) is 0 Å². The maximum Gasteiger partial charge on any atom is 0.407 e. The van der Waals surface area contributed by atoms with Gasteiger partial charge in [-0.15, -0.1) is 0 Å². The van der Waals surface area contributed by atoms with E-state index in [0.717, 1.165) is 0 Å². The molecule has 24 heavy (non-hydrogen) atoms. The largest absolute Gasteiger partial charge is 0.491 e. The number of ether oxygens (including phenoxy) is 3. The molecule has 0 aliphatic carbocycles. The molecule has 0 radical (unpaired) electrons. The standard InChI is InChI=1S/C16H23FN2O5/c1-11(20)14-12(8-18-9-13(14)23-10-17)22-7-5-6-19-15(21)24-16(2,3)4/h8-9H,5-7,10H2,1-4H3,(H,19,21). The topological polar surface area (TPSA) is 86.8 Å². The van der Waals surface area contributed by atoms with Crippen molar-refractivity contribution in [3.8, 4) is 11.5 Å². The van der Waals surface area contributed by atoms with Crippen molar-refractivity contribution < 1.29 is 28.2 Å². The molecule has 0 spiro atoms. The zero-order chi connectivity index (χ0) is 18.2. The third-order valence-corrected chi connectivity index (χ3v) is 2.69. The van der Waals surface area contributed by atoms with Crippen LogP contribution in [0.15, 0.2) is 12.4 Å². The number of nitrogens with zero attached hydrogens (tertiary/aromatic N) is 1. The van der Waals surface area contributed by atoms with E-state index < -0.39 is 18.6 Å². The second-order valence-corrected chi connectivity index (χ2v) is 5.95. The van der Waals surface area contributed by atoms with Crippen LogP contribution in [-0.2, 0) is 4.74 Å². The predicted molar refractivity (Wildman–Crippen MR) is 85.2 cm³/mol. The van der Waals surface area contributed by atoms with Gasteiger partial charge in [-0.3, -0.25) is 9.78 Å². The lowest BCUT2D eigenvalue weighted by Gasteiger charge is -2.19. The van der Waals surface area contributed by atoms with E-state index >= 15 is 0 Å². The summed E-state index contributed by atoms with van der Waals surface area (Å²) in [5, 5.41) is 2.60. The quantitative estimate of drug-likeness (QED) is 0.577. The molecule has 0 bridgehead atoms. The summed E-state index contributed by atoms with van der Waals surface area (Å²) in [6.45, 7) is 6.17. The van der Waals surface area contributed by atoms with E-state index in [1.807, 2.05) is 0 Å². The molecule has 134 valence electrons. The van der Waals surface area contributed by atoms with Crippen LogP contribution in [0.5, 0.6) is 11.5 Å². The molecule has 0 aliphatic rings. The number of rotatable bonds is 8. The molecule has 8 heteroatoms. The van der Waals surface area contributed by atoms with Gasteiger partial charge >= 0.3 is 6.09 Å². The SMILES string of the molecule is CC(=O)c1c(OCF)cncc1OCCCNC(=O)OC(C)(C)C. The summed E-state index contributed by atoms with van der Waals surface area (Å²) in [4.78, 5) is 27.0. The molecular weight excluding hydrogens is 319 g/mol. The molecule has 0 aliphatic heterocycles. The smallest absolute Gasteiger partial charge is 0.407 e. The minimum absolute atomic E-state index is 0.0365. The van der Waals surface area contributed by atoms with E-state index in [9.17, 15) is 14.0 Å². The van der Waals surface area contributed by atoms with Crippen molar-refractivity contribution in [3.63, 3.8) is 0 Å². The van der Waals surface area contributed by atoms with Gasteiger partial charge in [-0.1, -0.05) is 0 Å². The number of pyridine rings is 1. The van der Waals surface area contributed by atoms with E-state index in [0.29, 0.717) is 13.0 Å². The molecule has 0 aromatic carbocycles. The number of carbonyl (C=O) groups excluding carboxylic acids is 2. The number of alkyl halides is 1. The third kappa shape index (κ3) is 6.80. The fourth-order valence-corrected chi connectivity index (χ4v) is 1.81. The Morgan fingerprint density at radius 1 is 1.21 bits per heavy atom. The van der Waals surface area contributed by atoms with Crippen molar-refractivity contribution in [2.45, 2.75) is 39.7 Å². The lowest BCUT2D eigenvalue weighted by molar-refractivity contribution is 0.0525. The number of Topliss-reactive ketones (excluding diaryl/α,β-unsaturated/α-hetero) is 1. The molecule has 1 aromatic heterocycles. The number of nitrogens with one attached hydrogen (secondary N) is 1. The number of amides is 1. The highest BCUT2D eigenvalue weighted by atomic mass is 19.1. The number of carbonyl (C=O) groups is 2. The van der Waals surface area contributed by atoms with Gasteiger partial charge in [-0.05, 0) is 34.1 Å². The number of halogens is 1. The molecular formula is C16H23FN2O5. The number of aromatic nitrogens is 1. The van der Waals surface area contributed by atoms with E-state index in [2.05, 4.69) is 10.3 Å². The monoisotopic (exact) mass is 342 g/mol. The first-order valence-electron chi connectivity index (χ1n) is 7.52. The Hall–Kier alpha value is -2.38. The summed E-state index contributed by atoms with van der Waals surface area (Å²) in [5.41, 5.74) is -0.415. The average molecular weight is 342 g/mol. The van der Waals surface area contributed by atoms with Gasteiger partial charge in [-0.25, -0.2) is 9.18 Å². The van der Waals surface area contributed by atoms with Gasteiger partial charge < -0.3 is 19.5 Å². The zero-order valence-electron chi connectivity index (χ0n) is 14.3. The normalized spacial score (nSPS) is 10.9. The first kappa shape index (κ1) is 19.7. The summed E-state index contributed by atoms with van der Waals surface area (Å²) in [6.07, 6.45) is 2.60. The van der Waals surface area contributed by atoms with Gasteiger partial charge in [0.1, 0.15) is 11.2 Å². The van der Waals surface area contributed by atoms with E-state index in [4.69, 9.17) is 14.2 Å². The van der Waals surface area contributed by atoms with Crippen molar-refractivity contribution in [2.24, 2.45) is 0 Å². The van der Waals surface area contributed by atoms with Gasteiger partial charge in [0.25, 0.3) is 0 Å². The van der Waals surface area contributed by atoms with Crippen LogP contribution >= 0.6 is 0 Å². The molecule has 0 saturated carbocycles. The number of alkyl carbamates (subject to hydrolysis) is 1. The zero-order valence-corrected chi connectivity index (χ0v) is 14.3. The van der Waals surface area contributed by atoms with Crippen LogP contribution in [0.4, 0.5) is 9.18 Å². The molecule has 7 nitrogen and oxygen atoms in total. The first-order chi connectivity index (χ1) is 11.2. The van der Waals surface area contributed by atoms with Gasteiger partial charge in [0.15, 0.2) is 17.3 Å². The Bertz CT molecular complexity index is 572. The predicted octanol–water partition coefficient (Wildman–Crippen LogP) is 2.88. The van der Waals surface area contributed by atoms with E-state index in [1.165, 1.54) is 19.3 Å². The van der Waals surface area contributed by atoms with Crippen molar-refractivity contribution >= 4 is 11.9 Å². The van der Waals surface area contributed by atoms with Gasteiger partial charge in [0.05, 0.1) is 19.0 Å². The van der Waals surface area contributed by atoms with Crippen LogP contribution in [0, 0.1) is 0 Å². The van der Waals surface area contributed by atoms with Crippen molar-refractivity contribution in [3.05, 3.63) is 18.0 Å². The molecule has 1 rings (SSSR count). The van der Waals surface area contributed by atoms with Crippen LogP contribution < -0.4 is 14.8 Å². The highest BCUT2D eigenvalue weighted by Gasteiger charge is 2.17. The average Bonchev–Trinajstić information content (AvgIpc) is 2.45. The molecule has 0 unspecified atom stereocenters. The third-order valence-electron chi connectivity index (χ3n) is 2.69. The van der Waals surface area contributed by atoms with E-state index in [-0.39, 0.29) is 29.5 Å². The first-order valence-corrected chi connectivity index (χ1v) is 7.52. The fourth-order valence-electron chi connectivity index (χ4n) is 1.81. The highest BCUT2D eigenvalue weighted by molar-refractivity contribution is 5.99. The second-order valence-electron chi connectivity index (χ2n) is 5.95. The molecule has 1 heterocycles. The molecule has 0 saturated heterocycles. The lowest BCUT2D eigenvalue weighted by atomic mass is 10.1. The Morgan fingerprint density at radius 2 is 1.83 bits per heavy atom. The maximum absolute atomic E-state index is 12.3. The number of ketones is 1. The Labute approximate surface area is 140 Å². The van der Waals surface area contributed by atoms with Crippen LogP contribution in [0.1, 0.15) is 44.5 Å².